The summed E-state index contributed by atoms with van der Waals surface area (Å²) in [5.41, 5.74) is 9.02. The zero-order valence-electron chi connectivity index (χ0n) is 39.7. The van der Waals surface area contributed by atoms with E-state index in [4.69, 9.17) is 24.7 Å². The molecule has 7 rings (SSSR count). The van der Waals surface area contributed by atoms with Gasteiger partial charge in [0.2, 0.25) is 21.8 Å². The summed E-state index contributed by atoms with van der Waals surface area (Å²) < 4.78 is 83.6. The lowest BCUT2D eigenvalue weighted by Crippen LogP contribution is -2.33. The molecule has 6 N–H and O–H groups in total. The van der Waals surface area contributed by atoms with Gasteiger partial charge in [0.15, 0.2) is 9.84 Å². The molecule has 0 atom stereocenters. The van der Waals surface area contributed by atoms with E-state index in [1.807, 2.05) is 11.4 Å². The van der Waals surface area contributed by atoms with Crippen LogP contribution in [0.5, 0.6) is 17.2 Å². The van der Waals surface area contributed by atoms with E-state index in [-0.39, 0.29) is 60.1 Å². The quantitative estimate of drug-likeness (QED) is 0.0490. The molecule has 0 bridgehead atoms. The Morgan fingerprint density at radius 2 is 1.27 bits per heavy atom. The van der Waals surface area contributed by atoms with E-state index in [1.165, 1.54) is 50.4 Å². The summed E-state index contributed by atoms with van der Waals surface area (Å²) in [6.07, 6.45) is -2.35. The summed E-state index contributed by atoms with van der Waals surface area (Å²) >= 11 is 0. The average Bonchev–Trinajstić information content (AvgIpc) is 3.86. The highest BCUT2D eigenvalue weighted by Gasteiger charge is 2.38. The van der Waals surface area contributed by atoms with Gasteiger partial charge in [0.1, 0.15) is 35.3 Å². The number of nitrogens with two attached hydrogens (primary N) is 1. The van der Waals surface area contributed by atoms with Crippen LogP contribution in [-0.4, -0.2) is 105 Å². The van der Waals surface area contributed by atoms with Crippen LogP contribution in [0, 0.1) is 0 Å². The molecule has 1 heterocycles. The molecule has 0 aliphatic rings. The number of benzene rings is 6. The van der Waals surface area contributed by atoms with Crippen molar-refractivity contribution >= 4 is 49.3 Å². The first-order valence-corrected chi connectivity index (χ1v) is 25.3. The number of carboxylic acid groups (broad SMARTS) is 1. The standard InChI is InChI=1S/C50H51N9O12S2/c1-68-37-18-12-33(13-19-37)29-58(30-34-14-20-38(69-2)21-15-34)73(66,67)47-43(72(64,65)27-26-52-49(61)62)25-24-40(45(47)48-55-57-59(56-48)31-35-16-22-39(70-3)23-17-35)41-10-7-11-42(46(41)51)54-44(60)28-53-50(63)71-32-36-8-5-4-6-9-36/h4-25,52H,26-32,51H2,1-3H3,(H,53,63)(H,54,60)(H,61,62). The summed E-state index contributed by atoms with van der Waals surface area (Å²) in [7, 11) is -5.28. The Kier molecular flexibility index (Phi) is 16.9. The summed E-state index contributed by atoms with van der Waals surface area (Å²) in [5, 5.41) is 29.7. The number of methoxy groups -OCH3 is 3. The Labute approximate surface area is 420 Å². The number of nitrogen functional groups attached to an aromatic ring is 1. The minimum Gasteiger partial charge on any atom is -0.497 e. The maximum atomic E-state index is 16.0. The number of sulfonamides is 1. The first-order valence-electron chi connectivity index (χ1n) is 22.3. The third-order valence-electron chi connectivity index (χ3n) is 11.2. The molecular formula is C50H51N9O12S2. The van der Waals surface area contributed by atoms with E-state index in [1.54, 1.807) is 97.1 Å². The lowest BCUT2D eigenvalue weighted by molar-refractivity contribution is -0.115. The predicted molar refractivity (Wildman–Crippen MR) is 269 cm³/mol. The molecule has 21 nitrogen and oxygen atoms in total. The smallest absolute Gasteiger partial charge is 0.407 e. The van der Waals surface area contributed by atoms with Gasteiger partial charge in [-0.05, 0) is 81.6 Å². The number of hydrogen-bond donors (Lipinski definition) is 5. The molecule has 73 heavy (non-hydrogen) atoms. The predicted octanol–water partition coefficient (Wildman–Crippen LogP) is 5.96. The van der Waals surface area contributed by atoms with Gasteiger partial charge in [-0.15, -0.1) is 10.2 Å². The van der Waals surface area contributed by atoms with E-state index in [0.717, 1.165) is 15.9 Å². The Balaban J connectivity index is 1.39. The molecule has 0 aliphatic heterocycles. The first-order chi connectivity index (χ1) is 35.1. The first kappa shape index (κ1) is 52.3. The lowest BCUT2D eigenvalue weighted by atomic mass is 9.97. The summed E-state index contributed by atoms with van der Waals surface area (Å²) in [6.45, 7) is -1.71. The van der Waals surface area contributed by atoms with Crippen LogP contribution in [0.15, 0.2) is 143 Å². The molecule has 3 amide bonds. The van der Waals surface area contributed by atoms with Gasteiger partial charge in [-0.2, -0.15) is 9.10 Å². The number of hydrogen-bond acceptors (Lipinski definition) is 15. The van der Waals surface area contributed by atoms with E-state index in [9.17, 15) is 27.9 Å². The van der Waals surface area contributed by atoms with Gasteiger partial charge in [0, 0.05) is 25.2 Å². The zero-order chi connectivity index (χ0) is 52.1. The minimum atomic E-state index is -5.07. The van der Waals surface area contributed by atoms with Crippen LogP contribution in [0.1, 0.15) is 22.3 Å². The van der Waals surface area contributed by atoms with Crippen LogP contribution < -0.4 is 35.9 Å². The van der Waals surface area contributed by atoms with Crippen LogP contribution in [0.3, 0.4) is 0 Å². The lowest BCUT2D eigenvalue weighted by Gasteiger charge is -2.26. The number of carbonyl (C=O) groups is 3. The van der Waals surface area contributed by atoms with E-state index in [2.05, 4.69) is 26.0 Å². The van der Waals surface area contributed by atoms with Gasteiger partial charge < -0.3 is 45.7 Å². The number of carbonyl (C=O) groups excluding carboxylic acids is 2. The van der Waals surface area contributed by atoms with E-state index < -0.39 is 66.6 Å². The summed E-state index contributed by atoms with van der Waals surface area (Å²) in [4.78, 5) is 37.0. The van der Waals surface area contributed by atoms with Gasteiger partial charge >= 0.3 is 12.2 Å². The average molecular weight is 1030 g/mol. The Morgan fingerprint density at radius 3 is 1.85 bits per heavy atom. The van der Waals surface area contributed by atoms with Gasteiger partial charge in [-0.1, -0.05) is 84.9 Å². The van der Waals surface area contributed by atoms with Crippen molar-refractivity contribution in [2.24, 2.45) is 0 Å². The molecule has 0 fully saturated rings. The molecule has 0 saturated carbocycles. The Morgan fingerprint density at radius 1 is 0.685 bits per heavy atom. The van der Waals surface area contributed by atoms with Crippen molar-refractivity contribution in [3.63, 3.8) is 0 Å². The van der Waals surface area contributed by atoms with Gasteiger partial charge in [0.05, 0.1) is 55.5 Å². The summed E-state index contributed by atoms with van der Waals surface area (Å²) in [6, 6.07) is 36.1. The van der Waals surface area contributed by atoms with Crippen LogP contribution in [-0.2, 0) is 55.6 Å². The van der Waals surface area contributed by atoms with E-state index in [0.29, 0.717) is 33.9 Å². The maximum Gasteiger partial charge on any atom is 0.407 e. The molecule has 7 aromatic rings. The molecule has 0 saturated heterocycles. The van der Waals surface area contributed by atoms with Crippen LogP contribution in [0.2, 0.25) is 0 Å². The molecule has 0 aliphatic carbocycles. The molecule has 1 aromatic heterocycles. The third kappa shape index (κ3) is 13.3. The number of alkyl carbamates (subject to hydrolysis) is 1. The second kappa shape index (κ2) is 23.6. The number of anilines is 2. The number of amides is 3. The number of nitrogens with zero attached hydrogens (tertiary/aromatic N) is 5. The van der Waals surface area contributed by atoms with Crippen LogP contribution >= 0.6 is 0 Å². The van der Waals surface area contributed by atoms with Crippen molar-refractivity contribution in [2.45, 2.75) is 36.0 Å². The van der Waals surface area contributed by atoms with Crippen molar-refractivity contribution in [1.82, 2.24) is 35.1 Å². The highest BCUT2D eigenvalue weighted by atomic mass is 32.2. The number of aromatic nitrogens is 4. The maximum absolute atomic E-state index is 16.0. The number of sulfone groups is 1. The second-order valence-electron chi connectivity index (χ2n) is 16.1. The van der Waals surface area contributed by atoms with Crippen LogP contribution in [0.25, 0.3) is 22.5 Å². The van der Waals surface area contributed by atoms with Gasteiger partial charge in [-0.3, -0.25) is 4.79 Å². The Hall–Kier alpha value is -8.54. The third-order valence-corrected chi connectivity index (χ3v) is 14.9. The van der Waals surface area contributed by atoms with Gasteiger partial charge in [0.25, 0.3) is 0 Å². The minimum absolute atomic E-state index is 0.00948. The van der Waals surface area contributed by atoms with Crippen molar-refractivity contribution in [2.75, 3.05) is 51.2 Å². The van der Waals surface area contributed by atoms with Crippen LogP contribution in [0.4, 0.5) is 21.0 Å². The number of para-hydroxylation sites is 1. The Bertz CT molecular complexity index is 3240. The number of ether oxygens (including phenoxy) is 4. The van der Waals surface area contributed by atoms with E-state index >= 15 is 8.42 Å². The zero-order valence-corrected chi connectivity index (χ0v) is 41.4. The fourth-order valence-electron chi connectivity index (χ4n) is 7.47. The largest absolute Gasteiger partial charge is 0.497 e. The number of rotatable bonds is 22. The molecule has 0 unspecified atom stereocenters. The van der Waals surface area contributed by atoms with Crippen molar-refractivity contribution < 1.29 is 55.3 Å². The highest BCUT2D eigenvalue weighted by molar-refractivity contribution is 7.93. The van der Waals surface area contributed by atoms with Crippen molar-refractivity contribution in [3.8, 4) is 39.8 Å². The van der Waals surface area contributed by atoms with Gasteiger partial charge in [-0.25, -0.2) is 26.4 Å². The number of tetrazole rings is 1. The summed E-state index contributed by atoms with van der Waals surface area (Å²) in [5.74, 6) is -0.283. The van der Waals surface area contributed by atoms with Crippen molar-refractivity contribution in [1.29, 1.82) is 0 Å². The highest BCUT2D eigenvalue weighted by Crippen LogP contribution is 2.44. The topological polar surface area (TPSA) is 286 Å². The molecule has 23 heteroatoms. The second-order valence-corrected chi connectivity index (χ2v) is 20.0. The van der Waals surface area contributed by atoms with Crippen molar-refractivity contribution in [3.05, 3.63) is 156 Å². The SMILES string of the molecule is COc1ccc(CN(Cc2ccc(OC)cc2)S(=O)(=O)c2c(S(=O)(=O)CCNC(=O)O)ccc(-c3cccc(NC(=O)CNC(=O)OCc4ccccc4)c3N)c2-c2nnn(Cc3ccc(OC)cc3)n2)cc1. The fraction of sp³-hybridized carbons (Fsp3) is 0.200. The molecular weight excluding hydrogens is 983 g/mol. The molecule has 380 valence electrons. The molecule has 0 radical (unpaired) electrons. The monoisotopic (exact) mass is 1030 g/mol. The number of nitrogens with one attached hydrogen (secondary N) is 3. The molecule has 6 aromatic carbocycles. The fourth-order valence-corrected chi connectivity index (χ4v) is 11.1. The normalized spacial score (nSPS) is 11.4. The molecule has 0 spiro atoms.